The minimum absolute atomic E-state index is 0.00419. The number of halogens is 1. The summed E-state index contributed by atoms with van der Waals surface area (Å²) in [6.45, 7) is 4.15. The second kappa shape index (κ2) is 10.1. The zero-order valence-corrected chi connectivity index (χ0v) is 18.4. The molecular weight excluding hydrogens is 416 g/mol. The summed E-state index contributed by atoms with van der Waals surface area (Å²) in [4.78, 5) is 13.9. The van der Waals surface area contributed by atoms with Crippen molar-refractivity contribution in [2.45, 2.75) is 18.7 Å². The van der Waals surface area contributed by atoms with Crippen molar-refractivity contribution in [3.63, 3.8) is 0 Å². The van der Waals surface area contributed by atoms with E-state index >= 15 is 0 Å². The van der Waals surface area contributed by atoms with Gasteiger partial charge in [0.2, 0.25) is 10.0 Å². The highest BCUT2D eigenvalue weighted by molar-refractivity contribution is 7.89. The molecule has 1 amide bonds. The molecular formula is C20H25ClN2O5S. The molecule has 9 heteroatoms. The van der Waals surface area contributed by atoms with Crippen LogP contribution in [-0.4, -0.2) is 48.2 Å². The van der Waals surface area contributed by atoms with Crippen LogP contribution in [0.3, 0.4) is 0 Å². The van der Waals surface area contributed by atoms with Crippen LogP contribution < -0.4 is 14.4 Å². The number of hydrogen-bond donors (Lipinski definition) is 1. The summed E-state index contributed by atoms with van der Waals surface area (Å²) in [5.74, 6) is -0.0356. The average molecular weight is 441 g/mol. The van der Waals surface area contributed by atoms with E-state index in [1.807, 2.05) is 32.0 Å². The van der Waals surface area contributed by atoms with Gasteiger partial charge in [-0.05, 0) is 55.3 Å². The summed E-state index contributed by atoms with van der Waals surface area (Å²) in [5, 5.41) is 0.0984. The Morgan fingerprint density at radius 2 is 1.86 bits per heavy atom. The first kappa shape index (κ1) is 23.2. The number of nitrogens with zero attached hydrogens (tertiary/aromatic N) is 1. The van der Waals surface area contributed by atoms with E-state index in [2.05, 4.69) is 4.72 Å². The largest absolute Gasteiger partial charge is 0.482 e. The van der Waals surface area contributed by atoms with Crippen LogP contribution in [0.15, 0.2) is 41.3 Å². The van der Waals surface area contributed by atoms with Crippen LogP contribution in [0.4, 0.5) is 5.69 Å². The van der Waals surface area contributed by atoms with Crippen molar-refractivity contribution in [2.24, 2.45) is 0 Å². The van der Waals surface area contributed by atoms with E-state index in [-0.39, 0.29) is 41.3 Å². The summed E-state index contributed by atoms with van der Waals surface area (Å²) in [7, 11) is -0.558. The number of carbonyl (C=O) groups is 1. The van der Waals surface area contributed by atoms with Crippen LogP contribution in [0.2, 0.25) is 5.02 Å². The molecule has 0 unspecified atom stereocenters. The van der Waals surface area contributed by atoms with Gasteiger partial charge in [-0.3, -0.25) is 4.79 Å². The lowest BCUT2D eigenvalue weighted by molar-refractivity contribution is -0.120. The van der Waals surface area contributed by atoms with Crippen LogP contribution in [0.5, 0.6) is 5.75 Å². The summed E-state index contributed by atoms with van der Waals surface area (Å²) in [6, 6.07) is 9.82. The Morgan fingerprint density at radius 3 is 2.48 bits per heavy atom. The van der Waals surface area contributed by atoms with Crippen molar-refractivity contribution in [3.05, 3.63) is 52.5 Å². The van der Waals surface area contributed by atoms with E-state index in [0.717, 1.165) is 16.8 Å². The van der Waals surface area contributed by atoms with Crippen molar-refractivity contribution >= 4 is 33.2 Å². The third-order valence-electron chi connectivity index (χ3n) is 4.41. The molecule has 0 heterocycles. The Balaban J connectivity index is 2.03. The van der Waals surface area contributed by atoms with Crippen molar-refractivity contribution in [2.75, 3.05) is 38.8 Å². The number of rotatable bonds is 9. The fourth-order valence-corrected chi connectivity index (χ4v) is 3.78. The first-order valence-electron chi connectivity index (χ1n) is 8.90. The molecule has 29 heavy (non-hydrogen) atoms. The Labute approximate surface area is 176 Å². The molecule has 1 N–H and O–H groups in total. The van der Waals surface area contributed by atoms with Crippen molar-refractivity contribution in [1.82, 2.24) is 4.72 Å². The zero-order chi connectivity index (χ0) is 21.6. The summed E-state index contributed by atoms with van der Waals surface area (Å²) < 4.78 is 37.1. The Hall–Kier alpha value is -2.13. The number of hydrogen-bond acceptors (Lipinski definition) is 5. The van der Waals surface area contributed by atoms with Gasteiger partial charge in [-0.1, -0.05) is 17.7 Å². The second-order valence-electron chi connectivity index (χ2n) is 6.49. The fourth-order valence-electron chi connectivity index (χ4n) is 2.44. The zero-order valence-electron chi connectivity index (χ0n) is 16.9. The molecule has 2 aromatic carbocycles. The highest BCUT2D eigenvalue weighted by Gasteiger charge is 2.17. The van der Waals surface area contributed by atoms with Crippen molar-refractivity contribution in [3.8, 4) is 5.75 Å². The van der Waals surface area contributed by atoms with Crippen LogP contribution in [0.25, 0.3) is 0 Å². The number of amides is 1. The predicted molar refractivity (Wildman–Crippen MR) is 113 cm³/mol. The number of sulfonamides is 1. The van der Waals surface area contributed by atoms with Crippen LogP contribution in [0.1, 0.15) is 11.1 Å². The quantitative estimate of drug-likeness (QED) is 0.606. The smallest absolute Gasteiger partial charge is 0.264 e. The van der Waals surface area contributed by atoms with Gasteiger partial charge in [0.15, 0.2) is 6.61 Å². The van der Waals surface area contributed by atoms with Gasteiger partial charge in [0.25, 0.3) is 5.91 Å². The lowest BCUT2D eigenvalue weighted by Crippen LogP contribution is -2.31. The SMILES string of the molecule is COCCNS(=O)(=O)c1ccc(OCC(=O)N(C)c2ccc(C)c(C)c2)c(Cl)c1. The highest BCUT2D eigenvalue weighted by Crippen LogP contribution is 2.27. The molecule has 0 saturated carbocycles. The maximum Gasteiger partial charge on any atom is 0.264 e. The Morgan fingerprint density at radius 1 is 1.14 bits per heavy atom. The van der Waals surface area contributed by atoms with Crippen molar-refractivity contribution in [1.29, 1.82) is 0 Å². The molecule has 0 spiro atoms. The average Bonchev–Trinajstić information content (AvgIpc) is 2.68. The number of ether oxygens (including phenoxy) is 2. The number of carbonyl (C=O) groups excluding carboxylic acids is 1. The van der Waals surface area contributed by atoms with Crippen LogP contribution in [0, 0.1) is 13.8 Å². The third kappa shape index (κ3) is 6.17. The molecule has 0 atom stereocenters. The molecule has 0 fully saturated rings. The minimum Gasteiger partial charge on any atom is -0.482 e. The molecule has 0 aliphatic heterocycles. The number of nitrogens with one attached hydrogen (secondary N) is 1. The second-order valence-corrected chi connectivity index (χ2v) is 8.67. The molecule has 2 rings (SSSR count). The van der Waals surface area contributed by atoms with Crippen molar-refractivity contribution < 1.29 is 22.7 Å². The van der Waals surface area contributed by atoms with E-state index in [0.29, 0.717) is 0 Å². The van der Waals surface area contributed by atoms with E-state index in [9.17, 15) is 13.2 Å². The third-order valence-corrected chi connectivity index (χ3v) is 6.17. The summed E-state index contributed by atoms with van der Waals surface area (Å²) in [5.41, 5.74) is 2.99. The fraction of sp³-hybridized carbons (Fsp3) is 0.350. The number of aryl methyl sites for hydroxylation is 2. The van der Waals surface area contributed by atoms with Gasteiger partial charge in [0.1, 0.15) is 5.75 Å². The highest BCUT2D eigenvalue weighted by atomic mass is 35.5. The number of likely N-dealkylation sites (N-methyl/N-ethyl adjacent to an activating group) is 1. The van der Waals surface area contributed by atoms with Gasteiger partial charge in [-0.2, -0.15) is 0 Å². The first-order valence-corrected chi connectivity index (χ1v) is 10.8. The molecule has 0 radical (unpaired) electrons. The van der Waals surface area contributed by atoms with Gasteiger partial charge < -0.3 is 14.4 Å². The standard InChI is InChI=1S/C20H25ClN2O5S/c1-14-5-6-16(11-15(14)2)23(3)20(24)13-28-19-8-7-17(12-18(19)21)29(25,26)22-9-10-27-4/h5-8,11-12,22H,9-10,13H2,1-4H3. The monoisotopic (exact) mass is 440 g/mol. The molecule has 0 aliphatic rings. The van der Waals surface area contributed by atoms with Gasteiger partial charge in [0.05, 0.1) is 16.5 Å². The summed E-state index contributed by atoms with van der Waals surface area (Å²) in [6.07, 6.45) is 0. The Bertz CT molecular complexity index is 979. The molecule has 7 nitrogen and oxygen atoms in total. The van der Waals surface area contributed by atoms with E-state index < -0.39 is 10.0 Å². The van der Waals surface area contributed by atoms with Gasteiger partial charge in [-0.25, -0.2) is 13.1 Å². The maximum absolute atomic E-state index is 12.4. The summed E-state index contributed by atoms with van der Waals surface area (Å²) >= 11 is 6.15. The molecule has 0 bridgehead atoms. The van der Waals surface area contributed by atoms with Crippen LogP contribution >= 0.6 is 11.6 Å². The number of methoxy groups -OCH3 is 1. The van der Waals surface area contributed by atoms with Gasteiger partial charge >= 0.3 is 0 Å². The number of benzene rings is 2. The van der Waals surface area contributed by atoms with E-state index in [1.165, 1.54) is 30.2 Å². The lowest BCUT2D eigenvalue weighted by Gasteiger charge is -2.19. The Kier molecular flexibility index (Phi) is 8.04. The molecule has 158 valence electrons. The normalized spacial score (nSPS) is 11.3. The molecule has 0 aromatic heterocycles. The first-order chi connectivity index (χ1) is 13.7. The van der Waals surface area contributed by atoms with E-state index in [4.69, 9.17) is 21.1 Å². The molecule has 0 saturated heterocycles. The van der Waals surface area contributed by atoms with E-state index in [1.54, 1.807) is 7.05 Å². The molecule has 0 aliphatic carbocycles. The lowest BCUT2D eigenvalue weighted by atomic mass is 10.1. The van der Waals surface area contributed by atoms with Crippen LogP contribution in [-0.2, 0) is 19.6 Å². The maximum atomic E-state index is 12.4. The molecule has 2 aromatic rings. The van der Waals surface area contributed by atoms with Gasteiger partial charge in [-0.15, -0.1) is 0 Å². The minimum atomic E-state index is -3.71. The van der Waals surface area contributed by atoms with Gasteiger partial charge in [0, 0.05) is 26.4 Å². The topological polar surface area (TPSA) is 84.9 Å². The predicted octanol–water partition coefficient (Wildman–Crippen LogP) is 2.92. The number of anilines is 1.